The molecular formula is C14H10ClN3O2S. The Bertz CT molecular complexity index is 805. The Kier molecular flexibility index (Phi) is 3.72. The number of aromatic nitrogens is 2. The van der Waals surface area contributed by atoms with Crippen molar-refractivity contribution in [2.75, 3.05) is 12.4 Å². The van der Waals surface area contributed by atoms with E-state index >= 15 is 0 Å². The second-order valence-corrected chi connectivity index (χ2v) is 5.43. The van der Waals surface area contributed by atoms with Crippen molar-refractivity contribution in [3.63, 3.8) is 0 Å². The van der Waals surface area contributed by atoms with E-state index in [1.807, 2.05) is 6.07 Å². The van der Waals surface area contributed by atoms with E-state index in [9.17, 15) is 4.79 Å². The number of fused-ring (bicyclic) bond motifs is 1. The van der Waals surface area contributed by atoms with E-state index in [1.165, 1.54) is 11.3 Å². The fourth-order valence-electron chi connectivity index (χ4n) is 1.86. The number of carbonyl (C=O) groups excluding carboxylic acids is 1. The summed E-state index contributed by atoms with van der Waals surface area (Å²) in [6.07, 6.45) is 1.62. The third-order valence-electron chi connectivity index (χ3n) is 2.88. The molecule has 2 aromatic heterocycles. The third-order valence-corrected chi connectivity index (χ3v) is 3.85. The average molecular weight is 320 g/mol. The van der Waals surface area contributed by atoms with Crippen molar-refractivity contribution in [2.45, 2.75) is 0 Å². The average Bonchev–Trinajstić information content (AvgIpc) is 2.98. The molecule has 1 aromatic carbocycles. The maximum Gasteiger partial charge on any atom is 0.260 e. The van der Waals surface area contributed by atoms with E-state index < -0.39 is 0 Å². The highest BCUT2D eigenvalue weighted by molar-refractivity contribution is 7.13. The maximum atomic E-state index is 12.2. The van der Waals surface area contributed by atoms with Crippen molar-refractivity contribution in [1.29, 1.82) is 0 Å². The molecule has 0 aliphatic heterocycles. The standard InChI is InChI=1S/C14H10ClN3O2S/c1-20-9-3-2-8-6-10(12(15)17-11(8)7-9)13(19)18-14-16-4-5-21-14/h2-7H,1H3,(H,16,18,19). The minimum atomic E-state index is -0.333. The van der Waals surface area contributed by atoms with Crippen molar-refractivity contribution in [2.24, 2.45) is 0 Å². The molecule has 0 aliphatic rings. The van der Waals surface area contributed by atoms with Gasteiger partial charge in [0.15, 0.2) is 5.13 Å². The van der Waals surface area contributed by atoms with Crippen LogP contribution in [0.5, 0.6) is 5.75 Å². The number of ether oxygens (including phenoxy) is 1. The quantitative estimate of drug-likeness (QED) is 0.749. The molecule has 7 heteroatoms. The Hall–Kier alpha value is -2.18. The lowest BCUT2D eigenvalue weighted by Gasteiger charge is -2.07. The molecule has 5 nitrogen and oxygen atoms in total. The van der Waals surface area contributed by atoms with Crippen LogP contribution in [0.3, 0.4) is 0 Å². The molecule has 1 amide bonds. The van der Waals surface area contributed by atoms with Crippen LogP contribution in [0.25, 0.3) is 10.9 Å². The number of hydrogen-bond acceptors (Lipinski definition) is 5. The first kappa shape index (κ1) is 13.8. The minimum absolute atomic E-state index is 0.143. The molecule has 21 heavy (non-hydrogen) atoms. The molecule has 0 spiro atoms. The number of halogens is 1. The number of carbonyl (C=O) groups is 1. The summed E-state index contributed by atoms with van der Waals surface area (Å²) >= 11 is 7.44. The fourth-order valence-corrected chi connectivity index (χ4v) is 2.61. The van der Waals surface area contributed by atoms with Crippen molar-refractivity contribution in [1.82, 2.24) is 9.97 Å². The summed E-state index contributed by atoms with van der Waals surface area (Å²) in [6, 6.07) is 7.11. The highest BCUT2D eigenvalue weighted by Gasteiger charge is 2.14. The van der Waals surface area contributed by atoms with Crippen LogP contribution in [-0.4, -0.2) is 23.0 Å². The number of nitrogens with zero attached hydrogens (tertiary/aromatic N) is 2. The van der Waals surface area contributed by atoms with Gasteiger partial charge in [0.2, 0.25) is 0 Å². The molecular weight excluding hydrogens is 310 g/mol. The summed E-state index contributed by atoms with van der Waals surface area (Å²) in [7, 11) is 1.58. The number of pyridine rings is 1. The van der Waals surface area contributed by atoms with Crippen LogP contribution >= 0.6 is 22.9 Å². The van der Waals surface area contributed by atoms with Gasteiger partial charge in [0.1, 0.15) is 10.9 Å². The van der Waals surface area contributed by atoms with Crippen LogP contribution in [0.4, 0.5) is 5.13 Å². The topological polar surface area (TPSA) is 64.1 Å². The molecule has 0 fully saturated rings. The second-order valence-electron chi connectivity index (χ2n) is 4.18. The first-order valence-corrected chi connectivity index (χ1v) is 7.28. The van der Waals surface area contributed by atoms with Gasteiger partial charge in [0.25, 0.3) is 5.91 Å². The minimum Gasteiger partial charge on any atom is -0.497 e. The number of amides is 1. The SMILES string of the molecule is COc1ccc2cc(C(=O)Nc3nccs3)c(Cl)nc2c1. The Morgan fingerprint density at radius 2 is 2.24 bits per heavy atom. The number of nitrogens with one attached hydrogen (secondary N) is 1. The predicted molar refractivity (Wildman–Crippen MR) is 83.4 cm³/mol. The number of hydrogen-bond donors (Lipinski definition) is 1. The molecule has 0 atom stereocenters. The molecule has 0 saturated heterocycles. The van der Waals surface area contributed by atoms with Crippen LogP contribution in [0, 0.1) is 0 Å². The van der Waals surface area contributed by atoms with E-state index in [0.29, 0.717) is 22.0 Å². The van der Waals surface area contributed by atoms with E-state index in [-0.39, 0.29) is 11.1 Å². The van der Waals surface area contributed by atoms with E-state index in [1.54, 1.807) is 36.9 Å². The second kappa shape index (κ2) is 5.67. The summed E-state index contributed by atoms with van der Waals surface area (Å²) in [5, 5.41) is 5.94. The molecule has 106 valence electrons. The van der Waals surface area contributed by atoms with Crippen molar-refractivity contribution >= 4 is 44.9 Å². The Morgan fingerprint density at radius 3 is 2.95 bits per heavy atom. The van der Waals surface area contributed by atoms with E-state index in [2.05, 4.69) is 15.3 Å². The maximum absolute atomic E-state index is 12.2. The monoisotopic (exact) mass is 319 g/mol. The zero-order chi connectivity index (χ0) is 14.8. The zero-order valence-corrected chi connectivity index (χ0v) is 12.5. The van der Waals surface area contributed by atoms with Gasteiger partial charge in [-0.2, -0.15) is 0 Å². The van der Waals surface area contributed by atoms with Gasteiger partial charge in [0, 0.05) is 23.0 Å². The largest absolute Gasteiger partial charge is 0.497 e. The van der Waals surface area contributed by atoms with Crippen LogP contribution in [0.15, 0.2) is 35.8 Å². The number of rotatable bonds is 3. The van der Waals surface area contributed by atoms with Crippen LogP contribution in [0.1, 0.15) is 10.4 Å². The van der Waals surface area contributed by atoms with Gasteiger partial charge in [0.05, 0.1) is 18.2 Å². The van der Waals surface area contributed by atoms with Gasteiger partial charge in [-0.05, 0) is 18.2 Å². The van der Waals surface area contributed by atoms with Crippen LogP contribution in [-0.2, 0) is 0 Å². The summed E-state index contributed by atoms with van der Waals surface area (Å²) in [4.78, 5) is 20.5. The molecule has 3 aromatic rings. The van der Waals surface area contributed by atoms with Gasteiger partial charge in [-0.1, -0.05) is 11.6 Å². The summed E-state index contributed by atoms with van der Waals surface area (Å²) < 4.78 is 5.14. The molecule has 3 rings (SSSR count). The van der Waals surface area contributed by atoms with Gasteiger partial charge in [-0.25, -0.2) is 9.97 Å². The number of benzene rings is 1. The first-order chi connectivity index (χ1) is 10.2. The summed E-state index contributed by atoms with van der Waals surface area (Å²) in [5.74, 6) is 0.353. The lowest BCUT2D eigenvalue weighted by Crippen LogP contribution is -2.12. The lowest BCUT2D eigenvalue weighted by atomic mass is 10.1. The zero-order valence-electron chi connectivity index (χ0n) is 11.0. The van der Waals surface area contributed by atoms with Crippen LogP contribution in [0.2, 0.25) is 5.15 Å². The van der Waals surface area contributed by atoms with Crippen molar-refractivity contribution in [3.8, 4) is 5.75 Å². The summed E-state index contributed by atoms with van der Waals surface area (Å²) in [5.41, 5.74) is 0.981. The van der Waals surface area contributed by atoms with Gasteiger partial charge in [-0.15, -0.1) is 11.3 Å². The number of methoxy groups -OCH3 is 1. The van der Waals surface area contributed by atoms with E-state index in [0.717, 1.165) is 5.39 Å². The first-order valence-electron chi connectivity index (χ1n) is 6.02. The van der Waals surface area contributed by atoms with E-state index in [4.69, 9.17) is 16.3 Å². The molecule has 0 radical (unpaired) electrons. The normalized spacial score (nSPS) is 10.6. The highest BCUT2D eigenvalue weighted by Crippen LogP contribution is 2.25. The smallest absolute Gasteiger partial charge is 0.260 e. The molecule has 0 saturated carbocycles. The van der Waals surface area contributed by atoms with Crippen molar-refractivity contribution < 1.29 is 9.53 Å². The predicted octanol–water partition coefficient (Wildman–Crippen LogP) is 3.61. The lowest BCUT2D eigenvalue weighted by molar-refractivity contribution is 0.102. The molecule has 0 aliphatic carbocycles. The van der Waals surface area contributed by atoms with Gasteiger partial charge >= 0.3 is 0 Å². The Labute approximate surface area is 129 Å². The van der Waals surface area contributed by atoms with Gasteiger partial charge in [-0.3, -0.25) is 10.1 Å². The Balaban J connectivity index is 1.98. The highest BCUT2D eigenvalue weighted by atomic mass is 35.5. The molecule has 0 bridgehead atoms. The number of thiazole rings is 1. The van der Waals surface area contributed by atoms with Crippen molar-refractivity contribution in [3.05, 3.63) is 46.6 Å². The molecule has 0 unspecified atom stereocenters. The van der Waals surface area contributed by atoms with Crippen LogP contribution < -0.4 is 10.1 Å². The molecule has 1 N–H and O–H groups in total. The third kappa shape index (κ3) is 2.81. The molecule has 2 heterocycles. The van der Waals surface area contributed by atoms with Gasteiger partial charge < -0.3 is 4.74 Å². The summed E-state index contributed by atoms with van der Waals surface area (Å²) in [6.45, 7) is 0. The Morgan fingerprint density at radius 1 is 1.38 bits per heavy atom. The number of anilines is 1. The fraction of sp³-hybridized carbons (Fsp3) is 0.0714.